The number of hydrogen-bond donors (Lipinski definition) is 1. The van der Waals surface area contributed by atoms with Crippen LogP contribution in [0.25, 0.3) is 0 Å². The molecule has 3 fully saturated rings. The molecule has 0 amide bonds. The Morgan fingerprint density at radius 2 is 1.70 bits per heavy atom. The molecule has 10 heavy (non-hydrogen) atoms. The Balaban J connectivity index is 2.20. The van der Waals surface area contributed by atoms with Gasteiger partial charge in [-0.1, -0.05) is 0 Å². The van der Waals surface area contributed by atoms with Gasteiger partial charge in [0.2, 0.25) is 0 Å². The second-order valence-electron chi connectivity index (χ2n) is 4.32. The molecular formula is C8H13NO. The highest BCUT2D eigenvalue weighted by Crippen LogP contribution is 2.43. The van der Waals surface area contributed by atoms with Crippen molar-refractivity contribution in [2.24, 2.45) is 0 Å². The Kier molecular flexibility index (Phi) is 0.919. The summed E-state index contributed by atoms with van der Waals surface area (Å²) in [7, 11) is 0. The van der Waals surface area contributed by atoms with E-state index in [1.54, 1.807) is 0 Å². The second-order valence-corrected chi connectivity index (χ2v) is 4.32. The van der Waals surface area contributed by atoms with E-state index in [2.05, 4.69) is 19.2 Å². The van der Waals surface area contributed by atoms with Crippen LogP contribution in [0, 0.1) is 0 Å². The third kappa shape index (κ3) is 0.717. The average molecular weight is 139 g/mol. The van der Waals surface area contributed by atoms with Crippen molar-refractivity contribution in [1.82, 2.24) is 5.32 Å². The third-order valence-corrected chi connectivity index (χ3v) is 2.56. The molecular weight excluding hydrogens is 126 g/mol. The molecule has 2 heteroatoms. The van der Waals surface area contributed by atoms with Gasteiger partial charge in [0, 0.05) is 23.9 Å². The van der Waals surface area contributed by atoms with Gasteiger partial charge < -0.3 is 5.32 Å². The van der Waals surface area contributed by atoms with E-state index in [0.717, 1.165) is 12.8 Å². The predicted molar refractivity (Wildman–Crippen MR) is 38.8 cm³/mol. The fourth-order valence-corrected chi connectivity index (χ4v) is 2.72. The number of ketones is 1. The summed E-state index contributed by atoms with van der Waals surface area (Å²) in [5, 5.41) is 3.44. The van der Waals surface area contributed by atoms with Crippen molar-refractivity contribution in [3.05, 3.63) is 0 Å². The minimum Gasteiger partial charge on any atom is -0.305 e. The summed E-state index contributed by atoms with van der Waals surface area (Å²) in [5.74, 6) is 0.426. The summed E-state index contributed by atoms with van der Waals surface area (Å²) >= 11 is 0. The van der Waals surface area contributed by atoms with Crippen molar-refractivity contribution in [3.63, 3.8) is 0 Å². The van der Waals surface area contributed by atoms with Crippen LogP contribution in [0.2, 0.25) is 0 Å². The molecule has 2 atom stereocenters. The molecule has 3 rings (SSSR count). The fourth-order valence-electron chi connectivity index (χ4n) is 2.72. The standard InChI is InChI=1S/C8H13NO/c1-7-3-6(10)4-8(2,5-7)9-7/h9H,3-5H2,1-2H3. The quantitative estimate of drug-likeness (QED) is 0.539. The molecule has 0 aromatic heterocycles. The van der Waals surface area contributed by atoms with E-state index in [0.29, 0.717) is 5.78 Å². The van der Waals surface area contributed by atoms with Crippen LogP contribution in [0.1, 0.15) is 33.1 Å². The second kappa shape index (κ2) is 1.45. The summed E-state index contributed by atoms with van der Waals surface area (Å²) in [6.45, 7) is 4.26. The normalized spacial score (nSPS) is 52.4. The highest BCUT2D eigenvalue weighted by atomic mass is 16.1. The SMILES string of the molecule is CC12CC(=O)CC(C)(C1)N2. The van der Waals surface area contributed by atoms with Gasteiger partial charge in [0.25, 0.3) is 0 Å². The molecule has 2 aliphatic heterocycles. The minimum absolute atomic E-state index is 0.157. The van der Waals surface area contributed by atoms with E-state index < -0.39 is 0 Å². The van der Waals surface area contributed by atoms with E-state index >= 15 is 0 Å². The van der Waals surface area contributed by atoms with Gasteiger partial charge in [-0.05, 0) is 20.3 Å². The first-order valence-corrected chi connectivity index (χ1v) is 3.83. The van der Waals surface area contributed by atoms with E-state index in [1.807, 2.05) is 0 Å². The Morgan fingerprint density at radius 1 is 1.30 bits per heavy atom. The van der Waals surface area contributed by atoms with E-state index in [9.17, 15) is 4.79 Å². The molecule has 0 radical (unpaired) electrons. The van der Waals surface area contributed by atoms with Crippen LogP contribution >= 0.6 is 0 Å². The first-order valence-electron chi connectivity index (χ1n) is 3.83. The summed E-state index contributed by atoms with van der Waals surface area (Å²) in [6.07, 6.45) is 2.65. The highest BCUT2D eigenvalue weighted by molar-refractivity contribution is 5.83. The first kappa shape index (κ1) is 6.35. The van der Waals surface area contributed by atoms with Gasteiger partial charge in [-0.25, -0.2) is 0 Å². The number of piperidine rings is 1. The highest BCUT2D eigenvalue weighted by Gasteiger charge is 2.53. The van der Waals surface area contributed by atoms with Crippen molar-refractivity contribution in [2.75, 3.05) is 0 Å². The number of hydrogen-bond acceptors (Lipinski definition) is 2. The Morgan fingerprint density at radius 3 is 2.00 bits per heavy atom. The lowest BCUT2D eigenvalue weighted by molar-refractivity contribution is -0.132. The van der Waals surface area contributed by atoms with Gasteiger partial charge in [-0.3, -0.25) is 4.79 Å². The minimum atomic E-state index is 0.157. The van der Waals surface area contributed by atoms with E-state index in [4.69, 9.17) is 0 Å². The first-order chi connectivity index (χ1) is 4.52. The monoisotopic (exact) mass is 139 g/mol. The van der Waals surface area contributed by atoms with Crippen LogP contribution in [0.15, 0.2) is 0 Å². The van der Waals surface area contributed by atoms with Gasteiger partial charge in [0.15, 0.2) is 0 Å². The number of nitrogens with one attached hydrogen (secondary N) is 1. The number of Topliss-reactive ketones (excluding diaryl/α,β-unsaturated/α-hetero) is 1. The Hall–Kier alpha value is -0.370. The molecule has 2 bridgehead atoms. The molecule has 0 aromatic carbocycles. The number of fused-ring (bicyclic) bond motifs is 2. The molecule has 2 unspecified atom stereocenters. The summed E-state index contributed by atoms with van der Waals surface area (Å²) in [4.78, 5) is 11.1. The maximum Gasteiger partial charge on any atom is 0.136 e. The van der Waals surface area contributed by atoms with E-state index in [1.165, 1.54) is 6.42 Å². The van der Waals surface area contributed by atoms with Crippen LogP contribution in [0.5, 0.6) is 0 Å². The van der Waals surface area contributed by atoms with Crippen molar-refractivity contribution < 1.29 is 4.79 Å². The van der Waals surface area contributed by atoms with Gasteiger partial charge in [0.1, 0.15) is 5.78 Å². The van der Waals surface area contributed by atoms with Crippen LogP contribution in [-0.4, -0.2) is 16.9 Å². The molecule has 1 aliphatic carbocycles. The Labute approximate surface area is 61.0 Å². The maximum atomic E-state index is 11.1. The van der Waals surface area contributed by atoms with E-state index in [-0.39, 0.29) is 11.1 Å². The summed E-state index contributed by atoms with van der Waals surface area (Å²) in [6, 6.07) is 0. The Bertz CT molecular complexity index is 173. The molecule has 3 aliphatic rings. The zero-order valence-corrected chi connectivity index (χ0v) is 6.53. The lowest BCUT2D eigenvalue weighted by atomic mass is 9.63. The van der Waals surface area contributed by atoms with Gasteiger partial charge in [-0.2, -0.15) is 0 Å². The molecule has 0 aromatic rings. The largest absolute Gasteiger partial charge is 0.305 e. The molecule has 2 heterocycles. The van der Waals surface area contributed by atoms with Crippen LogP contribution < -0.4 is 5.32 Å². The van der Waals surface area contributed by atoms with Gasteiger partial charge >= 0.3 is 0 Å². The molecule has 1 saturated carbocycles. The lowest BCUT2D eigenvalue weighted by Gasteiger charge is -2.58. The summed E-state index contributed by atoms with van der Waals surface area (Å²) < 4.78 is 0. The maximum absolute atomic E-state index is 11.1. The van der Waals surface area contributed by atoms with Crippen molar-refractivity contribution >= 4 is 5.78 Å². The van der Waals surface area contributed by atoms with Gasteiger partial charge in [0.05, 0.1) is 0 Å². The van der Waals surface area contributed by atoms with Crippen molar-refractivity contribution in [1.29, 1.82) is 0 Å². The smallest absolute Gasteiger partial charge is 0.136 e. The van der Waals surface area contributed by atoms with Crippen molar-refractivity contribution in [3.8, 4) is 0 Å². The topological polar surface area (TPSA) is 29.1 Å². The fraction of sp³-hybridized carbons (Fsp3) is 0.875. The van der Waals surface area contributed by atoms with Crippen LogP contribution in [-0.2, 0) is 4.79 Å². The summed E-state index contributed by atoms with van der Waals surface area (Å²) in [5.41, 5.74) is 0.314. The van der Waals surface area contributed by atoms with Crippen LogP contribution in [0.4, 0.5) is 0 Å². The molecule has 1 N–H and O–H groups in total. The molecule has 56 valence electrons. The number of carbonyl (C=O) groups excluding carboxylic acids is 1. The number of carbonyl (C=O) groups is 1. The van der Waals surface area contributed by atoms with Gasteiger partial charge in [-0.15, -0.1) is 0 Å². The molecule has 2 nitrogen and oxygen atoms in total. The average Bonchev–Trinajstić information content (AvgIpc) is 1.53. The zero-order chi connectivity index (χ0) is 7.41. The molecule has 0 spiro atoms. The third-order valence-electron chi connectivity index (χ3n) is 2.56. The number of rotatable bonds is 0. The lowest BCUT2D eigenvalue weighted by Crippen LogP contribution is -2.73. The van der Waals surface area contributed by atoms with Crippen LogP contribution in [0.3, 0.4) is 0 Å². The molecule has 2 saturated heterocycles. The zero-order valence-electron chi connectivity index (χ0n) is 6.53. The van der Waals surface area contributed by atoms with Crippen molar-refractivity contribution in [2.45, 2.75) is 44.2 Å². The predicted octanol–water partition coefficient (Wildman–Crippen LogP) is 0.860.